The van der Waals surface area contributed by atoms with Crippen molar-refractivity contribution in [3.05, 3.63) is 35.9 Å². The minimum Gasteiger partial charge on any atom is -0.477 e. The Morgan fingerprint density at radius 3 is 2.39 bits per heavy atom. The molecule has 5 N–H and O–H groups in total. The van der Waals surface area contributed by atoms with Crippen LogP contribution in [0.4, 0.5) is 4.79 Å². The second-order valence-electron chi connectivity index (χ2n) is 9.00. The summed E-state index contributed by atoms with van der Waals surface area (Å²) < 4.78 is -0.691. The lowest BCUT2D eigenvalue weighted by molar-refractivity contribution is -0.685. The maximum absolute atomic E-state index is 13.3. The molecule has 2 aliphatic rings. The molecule has 4 atom stereocenters. The zero-order chi connectivity index (χ0) is 26.6. The minimum absolute atomic E-state index is 0.0241. The Morgan fingerprint density at radius 1 is 1.17 bits per heavy atom. The molecule has 13 heteroatoms. The van der Waals surface area contributed by atoms with E-state index in [-0.39, 0.29) is 13.1 Å². The Balaban J connectivity index is 1.78. The zero-order valence-electron chi connectivity index (χ0n) is 20.2. The molecule has 0 aromatic heterocycles. The third kappa shape index (κ3) is 5.68. The molecule has 0 spiro atoms. The normalized spacial score (nSPS) is 23.1. The SMILES string of the molecule is CCN1CCN(C(=O)N[C@@H](C(=O)N[C@H](C=O)[C@@H]2[NH2+][C@@H](C(=O)O)C(C)(C)S2)c2ccccc2)C(=O)C1=O. The number of carboxylic acid groups (broad SMARTS) is 1. The molecule has 0 unspecified atom stereocenters. The van der Waals surface area contributed by atoms with Gasteiger partial charge in [-0.1, -0.05) is 42.1 Å². The van der Waals surface area contributed by atoms with Gasteiger partial charge in [0.25, 0.3) is 0 Å². The first-order chi connectivity index (χ1) is 17.0. The first-order valence-corrected chi connectivity index (χ1v) is 12.4. The maximum atomic E-state index is 13.3. The molecule has 0 radical (unpaired) electrons. The summed E-state index contributed by atoms with van der Waals surface area (Å²) in [6, 6.07) is 4.19. The van der Waals surface area contributed by atoms with Crippen molar-refractivity contribution in [3.8, 4) is 0 Å². The monoisotopic (exact) mass is 520 g/mol. The van der Waals surface area contributed by atoms with Crippen LogP contribution in [0.2, 0.25) is 0 Å². The summed E-state index contributed by atoms with van der Waals surface area (Å²) in [6.45, 7) is 5.71. The molecule has 2 fully saturated rings. The number of rotatable bonds is 8. The molecule has 194 valence electrons. The van der Waals surface area contributed by atoms with Crippen LogP contribution in [0.5, 0.6) is 0 Å². The number of nitrogens with one attached hydrogen (secondary N) is 2. The molecule has 1 aromatic carbocycles. The van der Waals surface area contributed by atoms with E-state index in [0.29, 0.717) is 18.4 Å². The molecule has 2 heterocycles. The number of piperazine rings is 1. The quantitative estimate of drug-likeness (QED) is 0.242. The number of nitrogens with zero attached hydrogens (tertiary/aromatic N) is 2. The molecule has 3 rings (SSSR count). The molecule has 36 heavy (non-hydrogen) atoms. The van der Waals surface area contributed by atoms with Crippen LogP contribution >= 0.6 is 11.8 Å². The van der Waals surface area contributed by atoms with Gasteiger partial charge < -0.3 is 30.8 Å². The van der Waals surface area contributed by atoms with Gasteiger partial charge >= 0.3 is 23.8 Å². The van der Waals surface area contributed by atoms with E-state index in [1.807, 2.05) is 0 Å². The van der Waals surface area contributed by atoms with Gasteiger partial charge in [0.15, 0.2) is 11.4 Å². The third-order valence-electron chi connectivity index (χ3n) is 6.25. The second-order valence-corrected chi connectivity index (χ2v) is 10.8. The van der Waals surface area contributed by atoms with E-state index >= 15 is 0 Å². The van der Waals surface area contributed by atoms with Crippen LogP contribution < -0.4 is 16.0 Å². The largest absolute Gasteiger partial charge is 0.477 e. The van der Waals surface area contributed by atoms with Gasteiger partial charge in [-0.3, -0.25) is 19.3 Å². The summed E-state index contributed by atoms with van der Waals surface area (Å²) >= 11 is 1.26. The van der Waals surface area contributed by atoms with Gasteiger partial charge in [0.05, 0.1) is 4.75 Å². The topological polar surface area (TPSA) is 170 Å². The van der Waals surface area contributed by atoms with Crippen LogP contribution in [0.25, 0.3) is 0 Å². The molecule has 0 saturated carbocycles. The Hall–Kier alpha value is -3.45. The van der Waals surface area contributed by atoms with Crippen molar-refractivity contribution in [2.75, 3.05) is 19.6 Å². The number of aliphatic carboxylic acids is 1. The third-order valence-corrected chi connectivity index (χ3v) is 7.83. The van der Waals surface area contributed by atoms with Crippen LogP contribution in [0.15, 0.2) is 30.3 Å². The lowest BCUT2D eigenvalue weighted by Gasteiger charge is -2.32. The number of urea groups is 1. The lowest BCUT2D eigenvalue weighted by atomic mass is 10.0. The summed E-state index contributed by atoms with van der Waals surface area (Å²) in [6.07, 6.45) is 0.530. The van der Waals surface area contributed by atoms with Crippen LogP contribution in [0, 0.1) is 0 Å². The number of likely N-dealkylation sites (N-methyl/N-ethyl adjacent to an activating group) is 1. The first-order valence-electron chi connectivity index (χ1n) is 11.5. The minimum atomic E-state index is -1.28. The number of imide groups is 1. The van der Waals surface area contributed by atoms with Crippen molar-refractivity contribution in [1.29, 1.82) is 0 Å². The van der Waals surface area contributed by atoms with E-state index in [0.717, 1.165) is 4.90 Å². The van der Waals surface area contributed by atoms with Gasteiger partial charge in [0.2, 0.25) is 5.91 Å². The number of nitrogens with two attached hydrogens (primary N) is 1. The number of quaternary nitrogens is 1. The smallest absolute Gasteiger partial charge is 0.363 e. The van der Waals surface area contributed by atoms with Crippen LogP contribution in [0.1, 0.15) is 32.4 Å². The molecule has 12 nitrogen and oxygen atoms in total. The van der Waals surface area contributed by atoms with E-state index in [1.54, 1.807) is 51.1 Å². The number of amides is 5. The average molecular weight is 521 g/mol. The summed E-state index contributed by atoms with van der Waals surface area (Å²) in [4.78, 5) is 76.5. The second kappa shape index (κ2) is 11.1. The highest BCUT2D eigenvalue weighted by Crippen LogP contribution is 2.34. The van der Waals surface area contributed by atoms with Gasteiger partial charge in [0.1, 0.15) is 18.4 Å². The molecule has 0 aliphatic carbocycles. The highest BCUT2D eigenvalue weighted by Gasteiger charge is 2.52. The number of carbonyl (C=O) groups excluding carboxylic acids is 5. The fourth-order valence-electron chi connectivity index (χ4n) is 4.22. The van der Waals surface area contributed by atoms with E-state index < -0.39 is 58.0 Å². The number of benzene rings is 1. The van der Waals surface area contributed by atoms with Gasteiger partial charge in [-0.25, -0.2) is 9.59 Å². The number of aldehydes is 1. The van der Waals surface area contributed by atoms with Gasteiger partial charge in [-0.15, -0.1) is 0 Å². The lowest BCUT2D eigenvalue weighted by Crippen LogP contribution is -2.97. The van der Waals surface area contributed by atoms with Crippen molar-refractivity contribution >= 4 is 47.8 Å². The van der Waals surface area contributed by atoms with Crippen LogP contribution in [-0.2, 0) is 24.0 Å². The fraction of sp³-hybridized carbons (Fsp3) is 0.478. The van der Waals surface area contributed by atoms with Crippen LogP contribution in [-0.4, -0.2) is 92.8 Å². The molecule has 2 saturated heterocycles. The summed E-state index contributed by atoms with van der Waals surface area (Å²) in [5.74, 6) is -3.53. The number of carbonyl (C=O) groups is 6. The van der Waals surface area contributed by atoms with Gasteiger partial charge in [-0.05, 0) is 26.3 Å². The van der Waals surface area contributed by atoms with Gasteiger partial charge in [0, 0.05) is 19.6 Å². The molecule has 0 bridgehead atoms. The predicted octanol–water partition coefficient (Wildman–Crippen LogP) is -1.32. The number of hydrogen-bond donors (Lipinski definition) is 4. The van der Waals surface area contributed by atoms with Crippen molar-refractivity contribution in [1.82, 2.24) is 20.4 Å². The van der Waals surface area contributed by atoms with Gasteiger partial charge in [-0.2, -0.15) is 0 Å². The Labute approximate surface area is 212 Å². The van der Waals surface area contributed by atoms with E-state index in [1.165, 1.54) is 22.0 Å². The molecule has 1 aromatic rings. The van der Waals surface area contributed by atoms with Crippen molar-refractivity contribution in [2.24, 2.45) is 0 Å². The Kier molecular flexibility index (Phi) is 8.35. The zero-order valence-corrected chi connectivity index (χ0v) is 21.0. The molecular formula is C23H30N5O7S+. The molecular weight excluding hydrogens is 490 g/mol. The highest BCUT2D eigenvalue weighted by atomic mass is 32.2. The van der Waals surface area contributed by atoms with E-state index in [9.17, 15) is 33.9 Å². The Bertz CT molecular complexity index is 1050. The predicted molar refractivity (Wildman–Crippen MR) is 128 cm³/mol. The van der Waals surface area contributed by atoms with Crippen molar-refractivity contribution in [2.45, 2.75) is 49.0 Å². The van der Waals surface area contributed by atoms with E-state index in [2.05, 4.69) is 10.6 Å². The average Bonchev–Trinajstić information content (AvgIpc) is 3.18. The maximum Gasteiger partial charge on any atom is 0.363 e. The highest BCUT2D eigenvalue weighted by molar-refractivity contribution is 8.01. The Morgan fingerprint density at radius 2 is 1.83 bits per heavy atom. The first kappa shape index (κ1) is 27.1. The molecule has 5 amide bonds. The van der Waals surface area contributed by atoms with Crippen LogP contribution in [0.3, 0.4) is 0 Å². The van der Waals surface area contributed by atoms with Crippen molar-refractivity contribution in [3.63, 3.8) is 0 Å². The summed E-state index contributed by atoms with van der Waals surface area (Å²) in [7, 11) is 0. The van der Waals surface area contributed by atoms with Crippen molar-refractivity contribution < 1.29 is 39.2 Å². The number of thioether (sulfide) groups is 1. The summed E-state index contributed by atoms with van der Waals surface area (Å²) in [5, 5.41) is 15.5. The fourth-order valence-corrected chi connectivity index (χ4v) is 5.76. The number of hydrogen-bond acceptors (Lipinski definition) is 7. The standard InChI is InChI=1S/C23H29N5O7S/c1-4-27-10-11-28(20(32)19(27)31)22(35)25-15(13-8-6-5-7-9-13)17(30)24-14(12-29)18-26-16(21(33)34)23(2,3)36-18/h5-9,12,14-16,18,26H,4,10-11H2,1-3H3,(H,24,30)(H,25,35)(H,33,34)/p+1/t14-,15-,16+,18-/m1/s1. The molecule has 2 aliphatic heterocycles. The number of carboxylic acids is 1. The van der Waals surface area contributed by atoms with E-state index in [4.69, 9.17) is 0 Å². The summed E-state index contributed by atoms with van der Waals surface area (Å²) in [5.41, 5.74) is 0.394.